The summed E-state index contributed by atoms with van der Waals surface area (Å²) in [6.45, 7) is 5.92. The molecule has 0 fully saturated rings. The zero-order valence-corrected chi connectivity index (χ0v) is 15.9. The molecule has 0 aromatic heterocycles. The van der Waals surface area contributed by atoms with Gasteiger partial charge in [-0.2, -0.15) is 0 Å². The average Bonchev–Trinajstić information content (AvgIpc) is 3.03. The van der Waals surface area contributed by atoms with E-state index in [2.05, 4.69) is 5.32 Å². The van der Waals surface area contributed by atoms with Gasteiger partial charge in [0.05, 0.1) is 10.6 Å². The summed E-state index contributed by atoms with van der Waals surface area (Å²) in [5.74, 6) is -0.561. The van der Waals surface area contributed by atoms with Gasteiger partial charge in [0.2, 0.25) is 0 Å². The van der Waals surface area contributed by atoms with Crippen molar-refractivity contribution in [2.75, 3.05) is 16.8 Å². The van der Waals surface area contributed by atoms with Gasteiger partial charge in [-0.05, 0) is 57.0 Å². The summed E-state index contributed by atoms with van der Waals surface area (Å²) in [4.78, 5) is 36.9. The lowest BCUT2D eigenvalue weighted by molar-refractivity contribution is -0.385. The third kappa shape index (κ3) is 4.11. The number of anilines is 2. The van der Waals surface area contributed by atoms with Crippen LogP contribution in [-0.2, 0) is 11.2 Å². The number of carbonyl (C=O) groups excluding carboxylic acids is 2. The first kappa shape index (κ1) is 19.3. The number of hydrogen-bond donors (Lipinski definition) is 1. The molecule has 0 aliphatic carbocycles. The minimum absolute atomic E-state index is 0.0108. The second-order valence-corrected chi connectivity index (χ2v) is 7.45. The number of amides is 2. The molecule has 0 saturated carbocycles. The Kier molecular flexibility index (Phi) is 5.04. The summed E-state index contributed by atoms with van der Waals surface area (Å²) in [7, 11) is 0. The summed E-state index contributed by atoms with van der Waals surface area (Å²) >= 11 is 0. The molecule has 1 N–H and O–H groups in total. The molecule has 3 rings (SSSR count). The fraction of sp³-hybridized carbons (Fsp3) is 0.300. The van der Waals surface area contributed by atoms with Gasteiger partial charge in [0, 0.05) is 18.3 Å². The van der Waals surface area contributed by atoms with Gasteiger partial charge >= 0.3 is 6.09 Å². The molecule has 1 heterocycles. The van der Waals surface area contributed by atoms with Crippen molar-refractivity contribution in [2.24, 2.45) is 0 Å². The fourth-order valence-corrected chi connectivity index (χ4v) is 3.01. The van der Waals surface area contributed by atoms with E-state index in [-0.39, 0.29) is 11.3 Å². The van der Waals surface area contributed by atoms with Crippen molar-refractivity contribution in [2.45, 2.75) is 32.8 Å². The highest BCUT2D eigenvalue weighted by Crippen LogP contribution is 2.32. The van der Waals surface area contributed by atoms with E-state index in [9.17, 15) is 19.7 Å². The van der Waals surface area contributed by atoms with Gasteiger partial charge in [0.15, 0.2) is 0 Å². The number of hydrogen-bond acceptors (Lipinski definition) is 5. The minimum Gasteiger partial charge on any atom is -0.443 e. The van der Waals surface area contributed by atoms with E-state index in [1.807, 2.05) is 20.8 Å². The zero-order chi connectivity index (χ0) is 20.5. The Bertz CT molecular complexity index is 949. The maximum Gasteiger partial charge on any atom is 0.414 e. The normalized spacial score (nSPS) is 13.0. The first-order valence-electron chi connectivity index (χ1n) is 8.84. The number of nitro benzene ring substituents is 1. The van der Waals surface area contributed by atoms with Crippen LogP contribution in [0.1, 0.15) is 36.7 Å². The van der Waals surface area contributed by atoms with Crippen LogP contribution < -0.4 is 10.2 Å². The van der Waals surface area contributed by atoms with E-state index in [1.165, 1.54) is 18.2 Å². The monoisotopic (exact) mass is 383 g/mol. The van der Waals surface area contributed by atoms with E-state index >= 15 is 0 Å². The molecule has 28 heavy (non-hydrogen) atoms. The molecule has 2 amide bonds. The van der Waals surface area contributed by atoms with E-state index in [1.54, 1.807) is 29.2 Å². The van der Waals surface area contributed by atoms with Crippen LogP contribution in [0.5, 0.6) is 0 Å². The molecule has 0 bridgehead atoms. The zero-order valence-electron chi connectivity index (χ0n) is 15.9. The number of nitro groups is 1. The lowest BCUT2D eigenvalue weighted by atomic mass is 10.1. The highest BCUT2D eigenvalue weighted by atomic mass is 16.6. The molecule has 1 aliphatic rings. The SMILES string of the molecule is CC(C)(C)OC(=O)N1CCc2cc(NC(=O)c3ccccc3[N+](=O)[O-])ccc21. The van der Waals surface area contributed by atoms with Crippen LogP contribution >= 0.6 is 0 Å². The number of ether oxygens (including phenoxy) is 1. The Hall–Kier alpha value is -3.42. The number of nitrogens with zero attached hydrogens (tertiary/aromatic N) is 2. The van der Waals surface area contributed by atoms with Crippen LogP contribution in [0.25, 0.3) is 0 Å². The molecule has 8 nitrogen and oxygen atoms in total. The quantitative estimate of drug-likeness (QED) is 0.634. The maximum atomic E-state index is 12.5. The Balaban J connectivity index is 1.78. The van der Waals surface area contributed by atoms with Gasteiger partial charge in [0.25, 0.3) is 11.6 Å². The Morgan fingerprint density at radius 2 is 1.89 bits per heavy atom. The first-order valence-corrected chi connectivity index (χ1v) is 8.84. The maximum absolute atomic E-state index is 12.5. The molecule has 0 unspecified atom stereocenters. The van der Waals surface area contributed by atoms with Gasteiger partial charge in [-0.1, -0.05) is 12.1 Å². The molecule has 0 spiro atoms. The van der Waals surface area contributed by atoms with Crippen molar-refractivity contribution in [3.63, 3.8) is 0 Å². The van der Waals surface area contributed by atoms with Gasteiger partial charge in [-0.3, -0.25) is 19.8 Å². The smallest absolute Gasteiger partial charge is 0.414 e. The van der Waals surface area contributed by atoms with Crippen molar-refractivity contribution >= 4 is 29.1 Å². The second-order valence-electron chi connectivity index (χ2n) is 7.45. The van der Waals surface area contributed by atoms with E-state index in [4.69, 9.17) is 4.74 Å². The lowest BCUT2D eigenvalue weighted by Gasteiger charge is -2.24. The Morgan fingerprint density at radius 1 is 1.18 bits per heavy atom. The molecule has 2 aromatic rings. The third-order valence-electron chi connectivity index (χ3n) is 4.19. The van der Waals surface area contributed by atoms with Crippen LogP contribution in [0, 0.1) is 10.1 Å². The summed E-state index contributed by atoms with van der Waals surface area (Å²) in [5.41, 5.74) is 1.29. The molecule has 0 radical (unpaired) electrons. The van der Waals surface area contributed by atoms with Crippen LogP contribution in [0.4, 0.5) is 21.9 Å². The van der Waals surface area contributed by atoms with Gasteiger partial charge in [0.1, 0.15) is 11.2 Å². The van der Waals surface area contributed by atoms with Crippen LogP contribution in [0.2, 0.25) is 0 Å². The highest BCUT2D eigenvalue weighted by Gasteiger charge is 2.29. The van der Waals surface area contributed by atoms with E-state index in [0.29, 0.717) is 18.7 Å². The number of nitrogens with one attached hydrogen (secondary N) is 1. The molecule has 0 atom stereocenters. The largest absolute Gasteiger partial charge is 0.443 e. The van der Waals surface area contributed by atoms with Crippen LogP contribution in [-0.4, -0.2) is 29.1 Å². The average molecular weight is 383 g/mol. The number of rotatable bonds is 3. The molecule has 8 heteroatoms. The number of benzene rings is 2. The number of para-hydroxylation sites is 1. The summed E-state index contributed by atoms with van der Waals surface area (Å²) in [6, 6.07) is 10.9. The van der Waals surface area contributed by atoms with Crippen molar-refractivity contribution in [3.8, 4) is 0 Å². The predicted octanol–water partition coefficient (Wildman–Crippen LogP) is 4.14. The molecule has 1 aliphatic heterocycles. The van der Waals surface area contributed by atoms with Gasteiger partial charge in [-0.15, -0.1) is 0 Å². The molecular formula is C20H21N3O5. The molecule has 146 valence electrons. The number of fused-ring (bicyclic) bond motifs is 1. The molecular weight excluding hydrogens is 362 g/mol. The minimum atomic E-state index is -0.587. The van der Waals surface area contributed by atoms with E-state index < -0.39 is 22.5 Å². The summed E-state index contributed by atoms with van der Waals surface area (Å²) < 4.78 is 5.42. The topological polar surface area (TPSA) is 102 Å². The summed E-state index contributed by atoms with van der Waals surface area (Å²) in [5, 5.41) is 13.8. The lowest BCUT2D eigenvalue weighted by Crippen LogP contribution is -2.35. The van der Waals surface area contributed by atoms with E-state index in [0.717, 1.165) is 11.3 Å². The van der Waals surface area contributed by atoms with Crippen molar-refractivity contribution in [3.05, 3.63) is 63.7 Å². The van der Waals surface area contributed by atoms with Gasteiger partial charge in [-0.25, -0.2) is 4.79 Å². The van der Waals surface area contributed by atoms with Crippen LogP contribution in [0.3, 0.4) is 0 Å². The molecule has 2 aromatic carbocycles. The Morgan fingerprint density at radius 3 is 2.57 bits per heavy atom. The third-order valence-corrected chi connectivity index (χ3v) is 4.19. The van der Waals surface area contributed by atoms with Crippen molar-refractivity contribution in [1.29, 1.82) is 0 Å². The van der Waals surface area contributed by atoms with Crippen LogP contribution in [0.15, 0.2) is 42.5 Å². The fourth-order valence-electron chi connectivity index (χ4n) is 3.01. The second kappa shape index (κ2) is 7.30. The Labute approximate surface area is 162 Å². The number of carbonyl (C=O) groups is 2. The van der Waals surface area contributed by atoms with Gasteiger partial charge < -0.3 is 10.1 Å². The van der Waals surface area contributed by atoms with Crippen molar-refractivity contribution < 1.29 is 19.2 Å². The standard InChI is InChI=1S/C20H21N3O5/c1-20(2,3)28-19(25)22-11-10-13-12-14(8-9-16(13)22)21-18(24)15-6-4-5-7-17(15)23(26)27/h4-9,12H,10-11H2,1-3H3,(H,21,24). The highest BCUT2D eigenvalue weighted by molar-refractivity contribution is 6.07. The summed E-state index contributed by atoms with van der Waals surface area (Å²) in [6.07, 6.45) is 0.215. The van der Waals surface area contributed by atoms with Crippen molar-refractivity contribution in [1.82, 2.24) is 0 Å². The predicted molar refractivity (Wildman–Crippen MR) is 105 cm³/mol. The first-order chi connectivity index (χ1) is 13.2. The molecule has 0 saturated heterocycles.